The molecule has 3 aromatic rings. The predicted molar refractivity (Wildman–Crippen MR) is 93.6 cm³/mol. The minimum absolute atomic E-state index is 0.166. The first-order valence-corrected chi connectivity index (χ1v) is 8.64. The van der Waals surface area contributed by atoms with Crippen molar-refractivity contribution >= 4 is 46.6 Å². The van der Waals surface area contributed by atoms with Gasteiger partial charge in [-0.1, -0.05) is 41.0 Å². The van der Waals surface area contributed by atoms with Gasteiger partial charge >= 0.3 is 0 Å². The quantitative estimate of drug-likeness (QED) is 0.653. The van der Waals surface area contributed by atoms with E-state index in [0.717, 1.165) is 5.76 Å². The number of hydrogen-bond acceptors (Lipinski definition) is 5. The van der Waals surface area contributed by atoms with Crippen molar-refractivity contribution in [1.82, 2.24) is 14.8 Å². The Morgan fingerprint density at radius 3 is 2.96 bits per heavy atom. The molecule has 0 saturated heterocycles. The van der Waals surface area contributed by atoms with E-state index in [0.29, 0.717) is 27.4 Å². The third kappa shape index (κ3) is 4.11. The van der Waals surface area contributed by atoms with Crippen molar-refractivity contribution in [2.45, 2.75) is 11.7 Å². The van der Waals surface area contributed by atoms with Crippen LogP contribution in [0.5, 0.6) is 0 Å². The van der Waals surface area contributed by atoms with Gasteiger partial charge in [0.2, 0.25) is 5.91 Å². The number of nitrogens with one attached hydrogen (secondary N) is 1. The molecule has 0 radical (unpaired) electrons. The molecule has 0 fully saturated rings. The van der Waals surface area contributed by atoms with Crippen molar-refractivity contribution in [1.29, 1.82) is 0 Å². The first-order chi connectivity index (χ1) is 11.6. The van der Waals surface area contributed by atoms with Crippen LogP contribution in [0.25, 0.3) is 0 Å². The average molecular weight is 383 g/mol. The van der Waals surface area contributed by atoms with Crippen molar-refractivity contribution in [2.24, 2.45) is 0 Å². The van der Waals surface area contributed by atoms with Gasteiger partial charge in [-0.05, 0) is 24.3 Å². The normalized spacial score (nSPS) is 10.8. The number of furan rings is 1. The molecule has 2 aromatic heterocycles. The average Bonchev–Trinajstić information content (AvgIpc) is 3.22. The highest BCUT2D eigenvalue weighted by atomic mass is 35.5. The second-order valence-corrected chi connectivity index (χ2v) is 6.49. The molecule has 3 rings (SSSR count). The molecule has 0 aliphatic heterocycles. The molecule has 24 heavy (non-hydrogen) atoms. The fraction of sp³-hybridized carbons (Fsp3) is 0.133. The Labute approximate surface area is 152 Å². The second-order valence-electron chi connectivity index (χ2n) is 4.76. The number of nitrogens with zero attached hydrogens (tertiary/aromatic N) is 3. The summed E-state index contributed by atoms with van der Waals surface area (Å²) in [4.78, 5) is 12.1. The molecule has 2 heterocycles. The Morgan fingerprint density at radius 2 is 2.17 bits per heavy atom. The Balaban J connectivity index is 1.59. The van der Waals surface area contributed by atoms with Gasteiger partial charge in [0, 0.05) is 0 Å². The summed E-state index contributed by atoms with van der Waals surface area (Å²) >= 11 is 13.2. The highest BCUT2D eigenvalue weighted by Crippen LogP contribution is 2.29. The van der Waals surface area contributed by atoms with Crippen LogP contribution in [0.1, 0.15) is 5.76 Å². The first kappa shape index (κ1) is 16.9. The van der Waals surface area contributed by atoms with Gasteiger partial charge in [0.15, 0.2) is 5.16 Å². The molecule has 1 aromatic carbocycles. The number of amides is 1. The maximum Gasteiger partial charge on any atom is 0.234 e. The van der Waals surface area contributed by atoms with Crippen LogP contribution >= 0.6 is 35.0 Å². The zero-order valence-electron chi connectivity index (χ0n) is 12.3. The maximum absolute atomic E-state index is 12.1. The number of thioether (sulfide) groups is 1. The van der Waals surface area contributed by atoms with Crippen LogP contribution < -0.4 is 5.32 Å². The summed E-state index contributed by atoms with van der Waals surface area (Å²) in [5, 5.41) is 11.9. The summed E-state index contributed by atoms with van der Waals surface area (Å²) in [6.45, 7) is 0.504. The van der Waals surface area contributed by atoms with Gasteiger partial charge < -0.3 is 14.3 Å². The van der Waals surface area contributed by atoms with Crippen molar-refractivity contribution < 1.29 is 9.21 Å². The number of carbonyl (C=O) groups is 1. The second kappa shape index (κ2) is 7.74. The molecule has 0 unspecified atom stereocenters. The number of anilines is 1. The lowest BCUT2D eigenvalue weighted by atomic mass is 10.3. The van der Waals surface area contributed by atoms with Crippen LogP contribution in [0.15, 0.2) is 52.5 Å². The van der Waals surface area contributed by atoms with Gasteiger partial charge in [0.25, 0.3) is 0 Å². The molecular formula is C15H12Cl2N4O2S. The van der Waals surface area contributed by atoms with Crippen molar-refractivity contribution in [3.63, 3.8) is 0 Å². The monoisotopic (exact) mass is 382 g/mol. The Morgan fingerprint density at radius 1 is 1.29 bits per heavy atom. The van der Waals surface area contributed by atoms with Crippen molar-refractivity contribution in [3.8, 4) is 0 Å². The molecule has 9 heteroatoms. The van der Waals surface area contributed by atoms with Crippen LogP contribution in [0.2, 0.25) is 10.0 Å². The van der Waals surface area contributed by atoms with E-state index in [1.807, 2.05) is 16.7 Å². The van der Waals surface area contributed by atoms with Gasteiger partial charge in [-0.15, -0.1) is 10.2 Å². The molecule has 6 nitrogen and oxygen atoms in total. The highest BCUT2D eigenvalue weighted by Gasteiger charge is 2.12. The summed E-state index contributed by atoms with van der Waals surface area (Å²) in [5.41, 5.74) is 0.479. The first-order valence-electron chi connectivity index (χ1n) is 6.90. The van der Waals surface area contributed by atoms with Gasteiger partial charge in [-0.2, -0.15) is 0 Å². The van der Waals surface area contributed by atoms with E-state index in [4.69, 9.17) is 27.6 Å². The van der Waals surface area contributed by atoms with Crippen LogP contribution in [0.4, 0.5) is 5.69 Å². The Hall–Kier alpha value is -1.96. The predicted octanol–water partition coefficient (Wildman–Crippen LogP) is 3.96. The summed E-state index contributed by atoms with van der Waals surface area (Å²) in [7, 11) is 0. The topological polar surface area (TPSA) is 73.0 Å². The minimum Gasteiger partial charge on any atom is -0.467 e. The van der Waals surface area contributed by atoms with E-state index >= 15 is 0 Å². The van der Waals surface area contributed by atoms with Crippen LogP contribution in [-0.4, -0.2) is 26.4 Å². The molecule has 0 aliphatic carbocycles. The summed E-state index contributed by atoms with van der Waals surface area (Å²) in [5.74, 6) is 0.739. The van der Waals surface area contributed by atoms with Crippen LogP contribution in [-0.2, 0) is 11.3 Å². The number of halogens is 2. The third-order valence-electron chi connectivity index (χ3n) is 3.04. The number of benzene rings is 1. The number of aromatic nitrogens is 3. The molecule has 0 atom stereocenters. The van der Waals surface area contributed by atoms with Gasteiger partial charge in [-0.25, -0.2) is 0 Å². The minimum atomic E-state index is -0.211. The van der Waals surface area contributed by atoms with E-state index in [9.17, 15) is 4.79 Å². The Bertz CT molecular complexity index is 836. The summed E-state index contributed by atoms with van der Waals surface area (Å²) in [6, 6.07) is 8.75. The van der Waals surface area contributed by atoms with E-state index < -0.39 is 0 Å². The highest BCUT2D eigenvalue weighted by molar-refractivity contribution is 7.99. The lowest BCUT2D eigenvalue weighted by molar-refractivity contribution is -0.113. The summed E-state index contributed by atoms with van der Waals surface area (Å²) in [6.07, 6.45) is 3.20. The van der Waals surface area contributed by atoms with E-state index in [1.165, 1.54) is 11.8 Å². The molecule has 0 aliphatic rings. The molecule has 0 bridgehead atoms. The van der Waals surface area contributed by atoms with E-state index in [1.54, 1.807) is 30.8 Å². The number of hydrogen-bond donors (Lipinski definition) is 1. The van der Waals surface area contributed by atoms with Gasteiger partial charge in [-0.3, -0.25) is 4.79 Å². The number of carbonyl (C=O) groups excluding carboxylic acids is 1. The van der Waals surface area contributed by atoms with Gasteiger partial charge in [0.05, 0.1) is 34.3 Å². The SMILES string of the molecule is O=C(CSc1nncn1Cc1ccco1)Nc1cccc(Cl)c1Cl. The molecular weight excluding hydrogens is 371 g/mol. The zero-order valence-corrected chi connectivity index (χ0v) is 14.6. The lowest BCUT2D eigenvalue weighted by Crippen LogP contribution is -2.15. The largest absolute Gasteiger partial charge is 0.467 e. The van der Waals surface area contributed by atoms with Gasteiger partial charge in [0.1, 0.15) is 12.1 Å². The lowest BCUT2D eigenvalue weighted by Gasteiger charge is -2.08. The molecule has 124 valence electrons. The molecule has 0 saturated carbocycles. The molecule has 1 amide bonds. The third-order valence-corrected chi connectivity index (χ3v) is 4.84. The standard InChI is InChI=1S/C15H12Cl2N4O2S/c16-11-4-1-5-12(14(11)17)19-13(22)8-24-15-20-18-9-21(15)7-10-3-2-6-23-10/h1-6,9H,7-8H2,(H,19,22). The van der Waals surface area contributed by atoms with Crippen molar-refractivity contribution in [3.05, 3.63) is 58.7 Å². The zero-order chi connectivity index (χ0) is 16.9. The van der Waals surface area contributed by atoms with E-state index in [-0.39, 0.29) is 11.7 Å². The molecule has 0 spiro atoms. The van der Waals surface area contributed by atoms with Crippen LogP contribution in [0.3, 0.4) is 0 Å². The van der Waals surface area contributed by atoms with Crippen LogP contribution in [0, 0.1) is 0 Å². The fourth-order valence-electron chi connectivity index (χ4n) is 1.95. The Kier molecular flexibility index (Phi) is 5.44. The number of rotatable bonds is 6. The molecule has 1 N–H and O–H groups in total. The maximum atomic E-state index is 12.1. The summed E-state index contributed by atoms with van der Waals surface area (Å²) < 4.78 is 7.11. The smallest absolute Gasteiger partial charge is 0.234 e. The van der Waals surface area contributed by atoms with Crippen molar-refractivity contribution in [2.75, 3.05) is 11.1 Å². The fourth-order valence-corrected chi connectivity index (χ4v) is 3.01. The van der Waals surface area contributed by atoms with E-state index in [2.05, 4.69) is 15.5 Å².